The number of aryl methyl sites for hydroxylation is 1. The van der Waals surface area contributed by atoms with Gasteiger partial charge in [-0.25, -0.2) is 14.4 Å². The summed E-state index contributed by atoms with van der Waals surface area (Å²) in [4.78, 5) is 23.6. The van der Waals surface area contributed by atoms with Crippen LogP contribution < -0.4 is 0 Å². The number of halogens is 1. The summed E-state index contributed by atoms with van der Waals surface area (Å²) in [6.07, 6.45) is 2.25. The Labute approximate surface area is 195 Å². The lowest BCUT2D eigenvalue weighted by Crippen LogP contribution is -2.40. The zero-order valence-electron chi connectivity index (χ0n) is 18.9. The third-order valence-electron chi connectivity index (χ3n) is 5.91. The maximum atomic E-state index is 14.3. The first-order valence-electron chi connectivity index (χ1n) is 11.1. The maximum absolute atomic E-state index is 14.3. The van der Waals surface area contributed by atoms with E-state index in [2.05, 4.69) is 15.1 Å². The fraction of sp³-hybridized carbons (Fsp3) is 0.280. The highest BCUT2D eigenvalue weighted by Gasteiger charge is 2.22. The van der Waals surface area contributed by atoms with Crippen molar-refractivity contribution < 1.29 is 19.0 Å². The van der Waals surface area contributed by atoms with Crippen LogP contribution in [0.4, 0.5) is 4.39 Å². The van der Waals surface area contributed by atoms with Gasteiger partial charge in [0.25, 0.3) is 11.9 Å². The Morgan fingerprint density at radius 1 is 1.12 bits per heavy atom. The molecule has 1 aliphatic rings. The van der Waals surface area contributed by atoms with Gasteiger partial charge in [-0.05, 0) is 38.1 Å². The Balaban J connectivity index is 1.56. The van der Waals surface area contributed by atoms with Crippen molar-refractivity contribution in [2.75, 3.05) is 26.3 Å². The standard InChI is InChI=1S/C25H24FN5O3/c1-15-3-6-21(26)20(11-15)18-13-27-25(28-14-18)31-22-12-17(24(33)30-7-9-34-10-8-30)4-5-19(22)23(29-31)16(2)32/h3-6,11-14,16,32H,7-10H2,1-2H3. The highest BCUT2D eigenvalue weighted by atomic mass is 19.1. The normalized spacial score (nSPS) is 15.0. The van der Waals surface area contributed by atoms with Crippen LogP contribution in [0.3, 0.4) is 0 Å². The molecule has 0 radical (unpaired) electrons. The molecule has 8 nitrogen and oxygen atoms in total. The number of amides is 1. The number of aromatic nitrogens is 4. The van der Waals surface area contributed by atoms with Gasteiger partial charge in [0.05, 0.1) is 30.5 Å². The van der Waals surface area contributed by atoms with E-state index < -0.39 is 6.10 Å². The van der Waals surface area contributed by atoms with Crippen molar-refractivity contribution in [1.82, 2.24) is 24.6 Å². The summed E-state index contributed by atoms with van der Waals surface area (Å²) in [5, 5.41) is 15.5. The van der Waals surface area contributed by atoms with Gasteiger partial charge in [-0.3, -0.25) is 4.79 Å². The average Bonchev–Trinajstić information content (AvgIpc) is 3.25. The second kappa shape index (κ2) is 8.92. The molecule has 0 saturated carbocycles. The Morgan fingerprint density at radius 3 is 2.56 bits per heavy atom. The number of morpholine rings is 1. The number of ether oxygens (including phenoxy) is 1. The van der Waals surface area contributed by atoms with Gasteiger partial charge in [-0.2, -0.15) is 9.78 Å². The van der Waals surface area contributed by atoms with Crippen LogP contribution >= 0.6 is 0 Å². The van der Waals surface area contributed by atoms with Gasteiger partial charge in [0, 0.05) is 47.6 Å². The molecule has 1 N–H and O–H groups in total. The predicted octanol–water partition coefficient (Wildman–Crippen LogP) is 3.46. The monoisotopic (exact) mass is 461 g/mol. The van der Waals surface area contributed by atoms with Gasteiger partial charge in [-0.15, -0.1) is 0 Å². The summed E-state index contributed by atoms with van der Waals surface area (Å²) in [5.74, 6) is -0.193. The summed E-state index contributed by atoms with van der Waals surface area (Å²) in [6, 6.07) is 10.1. The summed E-state index contributed by atoms with van der Waals surface area (Å²) in [7, 11) is 0. The van der Waals surface area contributed by atoms with Crippen molar-refractivity contribution >= 4 is 16.8 Å². The van der Waals surface area contributed by atoms with E-state index in [1.54, 1.807) is 54.5 Å². The van der Waals surface area contributed by atoms with Gasteiger partial charge in [0.2, 0.25) is 0 Å². The first kappa shape index (κ1) is 22.1. The molecular weight excluding hydrogens is 437 g/mol. The number of rotatable bonds is 4. The number of hydrogen-bond acceptors (Lipinski definition) is 6. The minimum absolute atomic E-state index is 0.0947. The molecule has 1 saturated heterocycles. The molecule has 1 aliphatic heterocycles. The van der Waals surface area contributed by atoms with E-state index in [-0.39, 0.29) is 17.7 Å². The minimum Gasteiger partial charge on any atom is -0.387 e. The number of fused-ring (bicyclic) bond motifs is 1. The third kappa shape index (κ3) is 4.04. The molecule has 34 heavy (non-hydrogen) atoms. The van der Waals surface area contributed by atoms with Gasteiger partial charge < -0.3 is 14.7 Å². The van der Waals surface area contributed by atoms with Gasteiger partial charge in [0.1, 0.15) is 5.82 Å². The van der Waals surface area contributed by atoms with E-state index in [4.69, 9.17) is 4.74 Å². The van der Waals surface area contributed by atoms with Crippen molar-refractivity contribution in [3.8, 4) is 17.1 Å². The van der Waals surface area contributed by atoms with Crippen molar-refractivity contribution in [2.45, 2.75) is 20.0 Å². The molecule has 0 spiro atoms. The van der Waals surface area contributed by atoms with Crippen molar-refractivity contribution in [1.29, 1.82) is 0 Å². The van der Waals surface area contributed by atoms with Crippen molar-refractivity contribution in [3.63, 3.8) is 0 Å². The number of carbonyl (C=O) groups is 1. The number of nitrogens with zero attached hydrogens (tertiary/aromatic N) is 5. The quantitative estimate of drug-likeness (QED) is 0.500. The number of benzene rings is 2. The number of aliphatic hydroxyl groups is 1. The molecular formula is C25H24FN5O3. The SMILES string of the molecule is Cc1ccc(F)c(-c2cnc(-n3nc(C(C)O)c4ccc(C(=O)N5CCOCC5)cc43)nc2)c1. The van der Waals surface area contributed by atoms with Crippen molar-refractivity contribution in [3.05, 3.63) is 71.4 Å². The fourth-order valence-electron chi connectivity index (χ4n) is 4.11. The van der Waals surface area contributed by atoms with Crippen LogP contribution in [0.15, 0.2) is 48.8 Å². The van der Waals surface area contributed by atoms with Crippen molar-refractivity contribution in [2.24, 2.45) is 0 Å². The number of aliphatic hydroxyl groups excluding tert-OH is 1. The molecule has 0 aliphatic carbocycles. The van der Waals surface area contributed by atoms with E-state index >= 15 is 0 Å². The van der Waals surface area contributed by atoms with Crippen LogP contribution in [0.2, 0.25) is 0 Å². The third-order valence-corrected chi connectivity index (χ3v) is 5.91. The molecule has 1 unspecified atom stereocenters. The molecule has 174 valence electrons. The fourth-order valence-corrected chi connectivity index (χ4v) is 4.11. The summed E-state index contributed by atoms with van der Waals surface area (Å²) < 4.78 is 21.2. The summed E-state index contributed by atoms with van der Waals surface area (Å²) >= 11 is 0. The van der Waals surface area contributed by atoms with E-state index in [0.29, 0.717) is 59.6 Å². The van der Waals surface area contributed by atoms with E-state index in [0.717, 1.165) is 5.56 Å². The van der Waals surface area contributed by atoms with Gasteiger partial charge in [-0.1, -0.05) is 17.7 Å². The average molecular weight is 461 g/mol. The highest BCUT2D eigenvalue weighted by molar-refractivity contribution is 5.98. The Morgan fingerprint density at radius 2 is 1.85 bits per heavy atom. The number of hydrogen-bond donors (Lipinski definition) is 1. The zero-order chi connectivity index (χ0) is 23.8. The maximum Gasteiger partial charge on any atom is 0.254 e. The van der Waals surface area contributed by atoms with Crippen LogP contribution in [0.1, 0.15) is 34.6 Å². The Bertz CT molecular complexity index is 1360. The summed E-state index contributed by atoms with van der Waals surface area (Å²) in [5.41, 5.74) is 3.45. The Hall–Kier alpha value is -3.69. The largest absolute Gasteiger partial charge is 0.387 e. The Kier molecular flexibility index (Phi) is 5.80. The first-order chi connectivity index (χ1) is 16.4. The minimum atomic E-state index is -0.829. The second-order valence-electron chi connectivity index (χ2n) is 8.36. The van der Waals surface area contributed by atoms with Crippen LogP contribution in [0.25, 0.3) is 28.0 Å². The molecule has 5 rings (SSSR count). The molecule has 2 aromatic carbocycles. The summed E-state index contributed by atoms with van der Waals surface area (Å²) in [6.45, 7) is 5.62. The highest BCUT2D eigenvalue weighted by Crippen LogP contribution is 2.28. The molecule has 3 heterocycles. The lowest BCUT2D eigenvalue weighted by molar-refractivity contribution is 0.0303. The molecule has 1 amide bonds. The second-order valence-corrected chi connectivity index (χ2v) is 8.36. The molecule has 1 fully saturated rings. The first-order valence-corrected chi connectivity index (χ1v) is 11.1. The topological polar surface area (TPSA) is 93.4 Å². The smallest absolute Gasteiger partial charge is 0.254 e. The predicted molar refractivity (Wildman–Crippen MR) is 124 cm³/mol. The molecule has 9 heteroatoms. The molecule has 4 aromatic rings. The van der Waals surface area contributed by atoms with E-state index in [1.165, 1.54) is 10.7 Å². The van der Waals surface area contributed by atoms with E-state index in [9.17, 15) is 14.3 Å². The van der Waals surface area contributed by atoms with Gasteiger partial charge in [0.15, 0.2) is 0 Å². The lowest BCUT2D eigenvalue weighted by atomic mass is 10.1. The molecule has 2 aromatic heterocycles. The molecule has 1 atom stereocenters. The lowest BCUT2D eigenvalue weighted by Gasteiger charge is -2.26. The van der Waals surface area contributed by atoms with Crippen LogP contribution in [-0.4, -0.2) is 62.0 Å². The van der Waals surface area contributed by atoms with E-state index in [1.807, 2.05) is 6.92 Å². The van der Waals surface area contributed by atoms with Crippen LogP contribution in [0.5, 0.6) is 0 Å². The van der Waals surface area contributed by atoms with Crippen LogP contribution in [-0.2, 0) is 4.74 Å². The number of carbonyl (C=O) groups excluding carboxylic acids is 1. The van der Waals surface area contributed by atoms with Gasteiger partial charge >= 0.3 is 0 Å². The molecule has 0 bridgehead atoms. The zero-order valence-corrected chi connectivity index (χ0v) is 18.9. The van der Waals surface area contributed by atoms with Crippen LogP contribution in [0, 0.1) is 12.7 Å².